The van der Waals surface area contributed by atoms with E-state index in [1.165, 1.54) is 0 Å². The highest BCUT2D eigenvalue weighted by atomic mass is 79.9. The molecule has 1 aliphatic rings. The van der Waals surface area contributed by atoms with Crippen LogP contribution in [-0.4, -0.2) is 15.9 Å². The van der Waals surface area contributed by atoms with E-state index in [4.69, 9.17) is 4.74 Å². The van der Waals surface area contributed by atoms with Crippen molar-refractivity contribution in [3.05, 3.63) is 33.9 Å². The molecule has 0 saturated heterocycles. The number of nitro benzene ring substituents is 1. The van der Waals surface area contributed by atoms with Crippen LogP contribution < -0.4 is 4.74 Å². The lowest BCUT2D eigenvalue weighted by Crippen LogP contribution is -2.53. The summed E-state index contributed by atoms with van der Waals surface area (Å²) in [7, 11) is 0. The van der Waals surface area contributed by atoms with Gasteiger partial charge < -0.3 is 4.74 Å². The van der Waals surface area contributed by atoms with E-state index in [1.54, 1.807) is 0 Å². The fourth-order valence-electron chi connectivity index (χ4n) is 1.94. The summed E-state index contributed by atoms with van der Waals surface area (Å²) in [5.41, 5.74) is -1.10. The normalized spacial score (nSPS) is 24.7. The van der Waals surface area contributed by atoms with Gasteiger partial charge in [0.05, 0.1) is 11.0 Å². The molecule has 104 valence electrons. The number of hydrogen-bond acceptors (Lipinski definition) is 3. The molecule has 1 aromatic rings. The first-order chi connectivity index (χ1) is 8.73. The third-order valence-corrected chi connectivity index (χ3v) is 5.08. The molecule has 1 aromatic carbocycles. The van der Waals surface area contributed by atoms with Gasteiger partial charge in [-0.25, -0.2) is 4.39 Å². The van der Waals surface area contributed by atoms with Crippen LogP contribution in [0.25, 0.3) is 0 Å². The lowest BCUT2D eigenvalue weighted by Gasteiger charge is -2.48. The van der Waals surface area contributed by atoms with Crippen molar-refractivity contribution in [2.45, 2.75) is 31.2 Å². The summed E-state index contributed by atoms with van der Waals surface area (Å²) in [5, 5.41) is 10.5. The number of alkyl halides is 1. The lowest BCUT2D eigenvalue weighted by molar-refractivity contribution is -0.387. The Kier molecular flexibility index (Phi) is 3.51. The molecule has 0 aromatic heterocycles. The number of nitrogens with zero attached hydrogens (tertiary/aromatic N) is 1. The highest BCUT2D eigenvalue weighted by Crippen LogP contribution is 2.47. The number of hydrogen-bond donors (Lipinski definition) is 0. The van der Waals surface area contributed by atoms with Crippen LogP contribution in [0, 0.1) is 27.2 Å². The molecule has 19 heavy (non-hydrogen) atoms. The van der Waals surface area contributed by atoms with Gasteiger partial charge in [0.25, 0.3) is 0 Å². The molecule has 0 amide bonds. The molecule has 4 nitrogen and oxygen atoms in total. The van der Waals surface area contributed by atoms with Crippen molar-refractivity contribution in [2.24, 2.45) is 5.41 Å². The zero-order valence-corrected chi connectivity index (χ0v) is 11.9. The fourth-order valence-corrected chi connectivity index (χ4v) is 2.57. The van der Waals surface area contributed by atoms with E-state index >= 15 is 0 Å². The number of ether oxygens (including phenoxy) is 1. The van der Waals surface area contributed by atoms with E-state index in [2.05, 4.69) is 15.9 Å². The Balaban J connectivity index is 2.23. The highest BCUT2D eigenvalue weighted by molar-refractivity contribution is 9.09. The Bertz CT molecular complexity index is 536. The van der Waals surface area contributed by atoms with E-state index < -0.39 is 22.2 Å². The van der Waals surface area contributed by atoms with Gasteiger partial charge in [-0.15, -0.1) is 0 Å². The second-order valence-electron chi connectivity index (χ2n) is 5.12. The molecule has 2 atom stereocenters. The van der Waals surface area contributed by atoms with E-state index in [1.807, 2.05) is 13.8 Å². The number of benzene rings is 1. The maximum absolute atomic E-state index is 13.7. The molecular formula is C12H12BrF2NO3. The first-order valence-electron chi connectivity index (χ1n) is 5.67. The van der Waals surface area contributed by atoms with Gasteiger partial charge in [0.15, 0.2) is 11.6 Å². The molecule has 2 unspecified atom stereocenters. The number of rotatable bonds is 3. The van der Waals surface area contributed by atoms with E-state index in [-0.39, 0.29) is 22.1 Å². The Morgan fingerprint density at radius 2 is 2.05 bits per heavy atom. The van der Waals surface area contributed by atoms with Crippen LogP contribution in [0.5, 0.6) is 5.75 Å². The maximum atomic E-state index is 13.7. The van der Waals surface area contributed by atoms with Gasteiger partial charge in [-0.1, -0.05) is 29.8 Å². The van der Waals surface area contributed by atoms with Crippen molar-refractivity contribution in [3.8, 4) is 5.75 Å². The Morgan fingerprint density at radius 1 is 1.42 bits per heavy atom. The minimum Gasteiger partial charge on any atom is -0.487 e. The number of halogens is 3. The third-order valence-electron chi connectivity index (χ3n) is 3.53. The zero-order chi connectivity index (χ0) is 14.4. The standard InChI is InChI=1S/C12H12BrF2NO3/c1-12(2)10(13)5-11(12)19-9-4-6(14)8(16(17)18)3-7(9)15/h3-4,10-11H,5H2,1-2H3. The summed E-state index contributed by atoms with van der Waals surface area (Å²) in [4.78, 5) is 9.75. The van der Waals surface area contributed by atoms with Crippen LogP contribution in [0.2, 0.25) is 0 Å². The summed E-state index contributed by atoms with van der Waals surface area (Å²) in [6.45, 7) is 3.89. The van der Waals surface area contributed by atoms with Crippen LogP contribution in [0.4, 0.5) is 14.5 Å². The van der Waals surface area contributed by atoms with Crippen LogP contribution in [0.1, 0.15) is 20.3 Å². The Hall–Kier alpha value is -1.24. The highest BCUT2D eigenvalue weighted by Gasteiger charge is 2.49. The zero-order valence-electron chi connectivity index (χ0n) is 10.3. The molecule has 0 N–H and O–H groups in total. The topological polar surface area (TPSA) is 52.4 Å². The predicted octanol–water partition coefficient (Wildman–Crippen LogP) is 3.81. The molecule has 0 spiro atoms. The quantitative estimate of drug-likeness (QED) is 0.479. The van der Waals surface area contributed by atoms with Crippen molar-refractivity contribution in [1.82, 2.24) is 0 Å². The molecule has 1 saturated carbocycles. The average Bonchev–Trinajstić information content (AvgIpc) is 2.32. The van der Waals surface area contributed by atoms with Gasteiger partial charge in [-0.3, -0.25) is 10.1 Å². The summed E-state index contributed by atoms with van der Waals surface area (Å²) < 4.78 is 32.5. The molecule has 2 rings (SSSR count). The molecule has 0 heterocycles. The largest absolute Gasteiger partial charge is 0.487 e. The minimum atomic E-state index is -1.10. The molecule has 0 bridgehead atoms. The van der Waals surface area contributed by atoms with Gasteiger partial charge in [-0.05, 0) is 6.42 Å². The average molecular weight is 336 g/mol. The summed E-state index contributed by atoms with van der Waals surface area (Å²) in [5.74, 6) is -2.32. The number of nitro groups is 1. The molecule has 1 fully saturated rings. The second-order valence-corrected chi connectivity index (χ2v) is 6.23. The molecule has 0 aliphatic heterocycles. The minimum absolute atomic E-state index is 0.204. The maximum Gasteiger partial charge on any atom is 0.307 e. The third kappa shape index (κ3) is 2.43. The Morgan fingerprint density at radius 3 is 2.53 bits per heavy atom. The van der Waals surface area contributed by atoms with Crippen molar-refractivity contribution >= 4 is 21.6 Å². The van der Waals surface area contributed by atoms with Crippen molar-refractivity contribution in [3.63, 3.8) is 0 Å². The van der Waals surface area contributed by atoms with Crippen molar-refractivity contribution in [2.75, 3.05) is 0 Å². The van der Waals surface area contributed by atoms with Gasteiger partial charge in [0.2, 0.25) is 5.82 Å². The Labute approximate surface area is 117 Å². The van der Waals surface area contributed by atoms with E-state index in [9.17, 15) is 18.9 Å². The summed E-state index contributed by atoms with van der Waals surface area (Å²) in [6, 6.07) is 1.27. The van der Waals surface area contributed by atoms with Gasteiger partial charge in [0.1, 0.15) is 6.10 Å². The SMILES string of the molecule is CC1(C)C(Br)CC1Oc1cc(F)c([N+](=O)[O-])cc1F. The second kappa shape index (κ2) is 4.70. The van der Waals surface area contributed by atoms with E-state index in [0.29, 0.717) is 12.5 Å². The fraction of sp³-hybridized carbons (Fsp3) is 0.500. The molecule has 0 radical (unpaired) electrons. The van der Waals surface area contributed by atoms with Crippen molar-refractivity contribution < 1.29 is 18.4 Å². The molecule has 1 aliphatic carbocycles. The first-order valence-corrected chi connectivity index (χ1v) is 6.59. The van der Waals surface area contributed by atoms with Gasteiger partial charge in [-0.2, -0.15) is 4.39 Å². The molecular weight excluding hydrogens is 324 g/mol. The smallest absolute Gasteiger partial charge is 0.307 e. The molecule has 7 heteroatoms. The van der Waals surface area contributed by atoms with Gasteiger partial charge >= 0.3 is 5.69 Å². The predicted molar refractivity (Wildman–Crippen MR) is 68.5 cm³/mol. The van der Waals surface area contributed by atoms with Crippen LogP contribution >= 0.6 is 15.9 Å². The van der Waals surface area contributed by atoms with Crippen LogP contribution in [0.3, 0.4) is 0 Å². The summed E-state index contributed by atoms with van der Waals surface area (Å²) >= 11 is 3.46. The lowest BCUT2D eigenvalue weighted by atomic mass is 9.69. The van der Waals surface area contributed by atoms with Crippen molar-refractivity contribution in [1.29, 1.82) is 0 Å². The van der Waals surface area contributed by atoms with Gasteiger partial charge in [0, 0.05) is 16.3 Å². The summed E-state index contributed by atoms with van der Waals surface area (Å²) in [6.07, 6.45) is 0.414. The van der Waals surface area contributed by atoms with Crippen LogP contribution in [0.15, 0.2) is 12.1 Å². The van der Waals surface area contributed by atoms with Crippen LogP contribution in [-0.2, 0) is 0 Å². The van der Waals surface area contributed by atoms with E-state index in [0.717, 1.165) is 6.07 Å². The monoisotopic (exact) mass is 335 g/mol. The first kappa shape index (κ1) is 14.2.